The van der Waals surface area contributed by atoms with E-state index < -0.39 is 0 Å². The molecule has 1 nitrogen and oxygen atoms in total. The number of unbranched alkanes of at least 4 members (excludes halogenated alkanes) is 10. The highest BCUT2D eigenvalue weighted by Gasteiger charge is 1.89. The third-order valence-electron chi connectivity index (χ3n) is 3.21. The van der Waals surface area contributed by atoms with E-state index in [-0.39, 0.29) is 0 Å². The van der Waals surface area contributed by atoms with Crippen LogP contribution < -0.4 is 0 Å². The first-order valence-electron chi connectivity index (χ1n) is 7.90. The molecule has 102 valence electrons. The van der Waals surface area contributed by atoms with Gasteiger partial charge < -0.3 is 0 Å². The third-order valence-corrected chi connectivity index (χ3v) is 3.21. The van der Waals surface area contributed by atoms with Crippen LogP contribution in [0.1, 0.15) is 90.9 Å². The number of rotatable bonds is 13. The quantitative estimate of drug-likeness (QED) is 0.285. The summed E-state index contributed by atoms with van der Waals surface area (Å²) < 4.78 is 0. The summed E-state index contributed by atoms with van der Waals surface area (Å²) in [5.41, 5.74) is 0. The van der Waals surface area contributed by atoms with Crippen molar-refractivity contribution in [3.05, 3.63) is 0 Å². The third kappa shape index (κ3) is 15.7. The zero-order valence-corrected chi connectivity index (χ0v) is 12.2. The normalized spacial score (nSPS) is 11.4. The van der Waals surface area contributed by atoms with Crippen molar-refractivity contribution in [2.45, 2.75) is 90.9 Å². The van der Waals surface area contributed by atoms with E-state index in [1.54, 1.807) is 0 Å². The minimum atomic E-state index is 1.05. The van der Waals surface area contributed by atoms with Gasteiger partial charge >= 0.3 is 0 Å². The van der Waals surface area contributed by atoms with Crippen LogP contribution in [0, 0.1) is 0 Å². The first kappa shape index (κ1) is 16.7. The van der Waals surface area contributed by atoms with Crippen LogP contribution in [0.5, 0.6) is 0 Å². The predicted octanol–water partition coefficient (Wildman–Crippen LogP) is 5.78. The van der Waals surface area contributed by atoms with Crippen LogP contribution in [0.15, 0.2) is 4.99 Å². The van der Waals surface area contributed by atoms with Gasteiger partial charge in [0.05, 0.1) is 0 Å². The summed E-state index contributed by atoms with van der Waals surface area (Å²) >= 11 is 0. The number of nitrogens with zero attached hydrogens (tertiary/aromatic N) is 1. The van der Waals surface area contributed by atoms with Gasteiger partial charge in [-0.3, -0.25) is 4.99 Å². The molecule has 0 N–H and O–H groups in total. The molecule has 0 atom stereocenters. The van der Waals surface area contributed by atoms with Crippen LogP contribution >= 0.6 is 0 Å². The van der Waals surface area contributed by atoms with Crippen LogP contribution in [0.4, 0.5) is 0 Å². The van der Waals surface area contributed by atoms with Crippen molar-refractivity contribution in [2.75, 3.05) is 6.54 Å². The highest BCUT2D eigenvalue weighted by molar-refractivity contribution is 5.56. The standard InChI is InChI=1S/C16H33N/c1-3-5-7-9-10-11-12-14-16-17-15-13-8-6-4-2/h16H,3-15H2,1-2H3. The SMILES string of the molecule is CCCCCCCCCC=NCCCCCC. The summed E-state index contributed by atoms with van der Waals surface area (Å²) in [6.45, 7) is 5.58. The minimum Gasteiger partial charge on any atom is -0.298 e. The summed E-state index contributed by atoms with van der Waals surface area (Å²) in [7, 11) is 0. The number of hydrogen-bond acceptors (Lipinski definition) is 1. The Bertz CT molecular complexity index is 152. The molecule has 0 unspecified atom stereocenters. The summed E-state index contributed by atoms with van der Waals surface area (Å²) in [6, 6.07) is 0. The number of aliphatic imine (C=N–C) groups is 1. The van der Waals surface area contributed by atoms with Crippen molar-refractivity contribution >= 4 is 6.21 Å². The van der Waals surface area contributed by atoms with E-state index in [2.05, 4.69) is 25.1 Å². The largest absolute Gasteiger partial charge is 0.298 e. The van der Waals surface area contributed by atoms with Crippen LogP contribution in [0.3, 0.4) is 0 Å². The molecule has 0 bridgehead atoms. The van der Waals surface area contributed by atoms with Gasteiger partial charge in [0.2, 0.25) is 0 Å². The van der Waals surface area contributed by atoms with E-state index in [4.69, 9.17) is 0 Å². The second-order valence-corrected chi connectivity index (χ2v) is 5.06. The van der Waals surface area contributed by atoms with E-state index in [0.717, 1.165) is 6.54 Å². The lowest BCUT2D eigenvalue weighted by molar-refractivity contribution is 0.596. The molecule has 1 heteroatoms. The van der Waals surface area contributed by atoms with E-state index >= 15 is 0 Å². The molecule has 0 aliphatic rings. The summed E-state index contributed by atoms with van der Waals surface area (Å²) in [5.74, 6) is 0. The Morgan fingerprint density at radius 2 is 1.18 bits per heavy atom. The van der Waals surface area contributed by atoms with Gasteiger partial charge in [0.1, 0.15) is 0 Å². The lowest BCUT2D eigenvalue weighted by atomic mass is 10.1. The molecule has 0 aromatic heterocycles. The van der Waals surface area contributed by atoms with Gasteiger partial charge in [-0.15, -0.1) is 0 Å². The highest BCUT2D eigenvalue weighted by atomic mass is 14.7. The van der Waals surface area contributed by atoms with E-state index in [0.29, 0.717) is 0 Å². The molecule has 0 spiro atoms. The fraction of sp³-hybridized carbons (Fsp3) is 0.938. The minimum absolute atomic E-state index is 1.05. The molecule has 0 aromatic carbocycles. The summed E-state index contributed by atoms with van der Waals surface area (Å²) in [6.07, 6.45) is 18.5. The van der Waals surface area contributed by atoms with Crippen LogP contribution in [0.25, 0.3) is 0 Å². The second-order valence-electron chi connectivity index (χ2n) is 5.06. The first-order valence-corrected chi connectivity index (χ1v) is 7.90. The van der Waals surface area contributed by atoms with Crippen molar-refractivity contribution in [1.82, 2.24) is 0 Å². The molecule has 17 heavy (non-hydrogen) atoms. The van der Waals surface area contributed by atoms with Crippen molar-refractivity contribution in [3.8, 4) is 0 Å². The van der Waals surface area contributed by atoms with Crippen molar-refractivity contribution in [2.24, 2.45) is 4.99 Å². The van der Waals surface area contributed by atoms with E-state index in [1.165, 1.54) is 77.0 Å². The summed E-state index contributed by atoms with van der Waals surface area (Å²) in [4.78, 5) is 4.47. The van der Waals surface area contributed by atoms with Gasteiger partial charge in [0.25, 0.3) is 0 Å². The van der Waals surface area contributed by atoms with Gasteiger partial charge in [-0.25, -0.2) is 0 Å². The Balaban J connectivity index is 2.99. The maximum absolute atomic E-state index is 4.47. The smallest absolute Gasteiger partial charge is 0.0385 e. The van der Waals surface area contributed by atoms with Crippen LogP contribution in [-0.4, -0.2) is 12.8 Å². The highest BCUT2D eigenvalue weighted by Crippen LogP contribution is 2.07. The van der Waals surface area contributed by atoms with Gasteiger partial charge in [-0.2, -0.15) is 0 Å². The average molecular weight is 239 g/mol. The Morgan fingerprint density at radius 3 is 1.82 bits per heavy atom. The molecular weight excluding hydrogens is 206 g/mol. The second kappa shape index (κ2) is 15.7. The van der Waals surface area contributed by atoms with Gasteiger partial charge in [0.15, 0.2) is 0 Å². The summed E-state index contributed by atoms with van der Waals surface area (Å²) in [5, 5.41) is 0. The lowest BCUT2D eigenvalue weighted by Crippen LogP contribution is -1.85. The topological polar surface area (TPSA) is 12.4 Å². The molecule has 0 aromatic rings. The van der Waals surface area contributed by atoms with Crippen LogP contribution in [-0.2, 0) is 0 Å². The molecule has 0 rings (SSSR count). The fourth-order valence-electron chi connectivity index (χ4n) is 2.01. The Morgan fingerprint density at radius 1 is 0.647 bits per heavy atom. The fourth-order valence-corrected chi connectivity index (χ4v) is 2.01. The maximum atomic E-state index is 4.47. The van der Waals surface area contributed by atoms with E-state index in [1.807, 2.05) is 0 Å². The van der Waals surface area contributed by atoms with Crippen LogP contribution in [0.2, 0.25) is 0 Å². The lowest BCUT2D eigenvalue weighted by Gasteiger charge is -1.98. The zero-order valence-electron chi connectivity index (χ0n) is 12.2. The maximum Gasteiger partial charge on any atom is 0.0385 e. The zero-order chi connectivity index (χ0) is 12.6. The molecule has 0 amide bonds. The number of hydrogen-bond donors (Lipinski definition) is 0. The van der Waals surface area contributed by atoms with Gasteiger partial charge in [-0.05, 0) is 25.5 Å². The average Bonchev–Trinajstić information content (AvgIpc) is 2.35. The van der Waals surface area contributed by atoms with Gasteiger partial charge in [-0.1, -0.05) is 71.6 Å². The van der Waals surface area contributed by atoms with Crippen molar-refractivity contribution < 1.29 is 0 Å². The van der Waals surface area contributed by atoms with Crippen molar-refractivity contribution in [1.29, 1.82) is 0 Å². The first-order chi connectivity index (χ1) is 8.41. The van der Waals surface area contributed by atoms with Crippen molar-refractivity contribution in [3.63, 3.8) is 0 Å². The molecule has 0 fully saturated rings. The van der Waals surface area contributed by atoms with E-state index in [9.17, 15) is 0 Å². The Hall–Kier alpha value is -0.330. The molecule has 0 radical (unpaired) electrons. The van der Waals surface area contributed by atoms with Gasteiger partial charge in [0, 0.05) is 6.54 Å². The molecule has 0 aliphatic carbocycles. The molecule has 0 aliphatic heterocycles. The molecular formula is C16H33N. The Kier molecular flexibility index (Phi) is 15.4. The predicted molar refractivity (Wildman–Crippen MR) is 80.1 cm³/mol. The Labute approximate surface area is 109 Å². The molecule has 0 heterocycles. The monoisotopic (exact) mass is 239 g/mol. The molecule has 0 saturated carbocycles. The molecule has 0 saturated heterocycles.